The first-order chi connectivity index (χ1) is 11.8. The molecule has 0 saturated carbocycles. The number of Topliss-reactive ketones (excluding diaryl/α,β-unsaturated/α-hetero) is 1. The van der Waals surface area contributed by atoms with Crippen LogP contribution in [0.5, 0.6) is 0 Å². The van der Waals surface area contributed by atoms with E-state index in [4.69, 9.17) is 4.74 Å². The van der Waals surface area contributed by atoms with E-state index in [-0.39, 0.29) is 5.78 Å². The van der Waals surface area contributed by atoms with Gasteiger partial charge in [0.05, 0.1) is 5.56 Å². The van der Waals surface area contributed by atoms with Crippen LogP contribution in [0.2, 0.25) is 0 Å². The van der Waals surface area contributed by atoms with Crippen LogP contribution in [0.3, 0.4) is 0 Å². The van der Waals surface area contributed by atoms with E-state index in [0.29, 0.717) is 16.8 Å². The molecule has 0 aromatic heterocycles. The number of ketones is 1. The standard InChI is InChI=1S/C20H21NO4/c1-12-5-6-17(11-13(12)2)20(24)25-15(4)19(23)21-18-9-7-16(8-10-18)14(3)22/h5-11,15H,1-4H3,(H,21,23). The van der Waals surface area contributed by atoms with Crippen molar-refractivity contribution >= 4 is 23.3 Å². The lowest BCUT2D eigenvalue weighted by atomic mass is 10.1. The Morgan fingerprint density at radius 3 is 2.08 bits per heavy atom. The normalized spacial score (nSPS) is 11.5. The van der Waals surface area contributed by atoms with Crippen molar-refractivity contribution in [3.63, 3.8) is 0 Å². The number of benzene rings is 2. The summed E-state index contributed by atoms with van der Waals surface area (Å²) in [7, 11) is 0. The molecule has 0 aliphatic carbocycles. The van der Waals surface area contributed by atoms with Crippen LogP contribution >= 0.6 is 0 Å². The lowest BCUT2D eigenvalue weighted by Crippen LogP contribution is -2.30. The average Bonchev–Trinajstić information content (AvgIpc) is 2.57. The molecule has 0 spiro atoms. The summed E-state index contributed by atoms with van der Waals surface area (Å²) in [6, 6.07) is 11.8. The smallest absolute Gasteiger partial charge is 0.338 e. The summed E-state index contributed by atoms with van der Waals surface area (Å²) in [6.07, 6.45) is -0.943. The highest BCUT2D eigenvalue weighted by atomic mass is 16.5. The molecular formula is C20H21NO4. The van der Waals surface area contributed by atoms with Gasteiger partial charge >= 0.3 is 5.97 Å². The number of rotatable bonds is 5. The Labute approximate surface area is 147 Å². The molecule has 2 rings (SSSR count). The van der Waals surface area contributed by atoms with E-state index in [2.05, 4.69) is 5.32 Å². The van der Waals surface area contributed by atoms with Crippen molar-refractivity contribution in [2.75, 3.05) is 5.32 Å². The van der Waals surface area contributed by atoms with E-state index >= 15 is 0 Å². The largest absolute Gasteiger partial charge is 0.449 e. The second-order valence-corrected chi connectivity index (χ2v) is 5.97. The van der Waals surface area contributed by atoms with Gasteiger partial charge in [-0.05, 0) is 75.2 Å². The molecule has 2 aromatic carbocycles. The number of esters is 1. The number of carbonyl (C=O) groups excluding carboxylic acids is 3. The molecule has 1 amide bonds. The van der Waals surface area contributed by atoms with E-state index in [9.17, 15) is 14.4 Å². The lowest BCUT2D eigenvalue weighted by Gasteiger charge is -2.14. The monoisotopic (exact) mass is 339 g/mol. The highest BCUT2D eigenvalue weighted by Gasteiger charge is 2.19. The fraction of sp³-hybridized carbons (Fsp3) is 0.250. The molecule has 0 radical (unpaired) electrons. The van der Waals surface area contributed by atoms with Crippen LogP contribution < -0.4 is 5.32 Å². The first kappa shape index (κ1) is 18.4. The van der Waals surface area contributed by atoms with E-state index in [1.54, 1.807) is 36.4 Å². The fourth-order valence-electron chi connectivity index (χ4n) is 2.18. The first-order valence-corrected chi connectivity index (χ1v) is 7.98. The van der Waals surface area contributed by atoms with Gasteiger partial charge in [-0.2, -0.15) is 0 Å². The Morgan fingerprint density at radius 1 is 0.920 bits per heavy atom. The average molecular weight is 339 g/mol. The van der Waals surface area contributed by atoms with Crippen LogP contribution in [-0.4, -0.2) is 23.8 Å². The molecule has 0 aliphatic rings. The van der Waals surface area contributed by atoms with Crippen molar-refractivity contribution in [2.24, 2.45) is 0 Å². The highest BCUT2D eigenvalue weighted by Crippen LogP contribution is 2.13. The molecule has 1 unspecified atom stereocenters. The van der Waals surface area contributed by atoms with Crippen LogP contribution in [0.25, 0.3) is 0 Å². The molecule has 5 nitrogen and oxygen atoms in total. The number of nitrogens with one attached hydrogen (secondary N) is 1. The van der Waals surface area contributed by atoms with Gasteiger partial charge in [-0.1, -0.05) is 6.07 Å². The van der Waals surface area contributed by atoms with Gasteiger partial charge in [-0.3, -0.25) is 9.59 Å². The number of hydrogen-bond donors (Lipinski definition) is 1. The van der Waals surface area contributed by atoms with Crippen LogP contribution in [0.1, 0.15) is 45.7 Å². The Hall–Kier alpha value is -2.95. The summed E-state index contributed by atoms with van der Waals surface area (Å²) >= 11 is 0. The fourth-order valence-corrected chi connectivity index (χ4v) is 2.18. The molecule has 25 heavy (non-hydrogen) atoms. The summed E-state index contributed by atoms with van der Waals surface area (Å²) in [6.45, 7) is 6.85. The van der Waals surface area contributed by atoms with E-state index in [0.717, 1.165) is 11.1 Å². The third kappa shape index (κ3) is 4.76. The van der Waals surface area contributed by atoms with Gasteiger partial charge in [-0.15, -0.1) is 0 Å². The second kappa shape index (κ2) is 7.75. The zero-order valence-corrected chi connectivity index (χ0v) is 14.8. The SMILES string of the molecule is CC(=O)c1ccc(NC(=O)C(C)OC(=O)c2ccc(C)c(C)c2)cc1. The number of carbonyl (C=O) groups is 3. The van der Waals surface area contributed by atoms with Crippen molar-refractivity contribution in [2.45, 2.75) is 33.8 Å². The second-order valence-electron chi connectivity index (χ2n) is 5.97. The Bertz CT molecular complexity index is 809. The molecule has 0 fully saturated rings. The summed E-state index contributed by atoms with van der Waals surface area (Å²) in [5.41, 5.74) is 3.57. The number of hydrogen-bond acceptors (Lipinski definition) is 4. The summed E-state index contributed by atoms with van der Waals surface area (Å²) < 4.78 is 5.22. The van der Waals surface area contributed by atoms with Gasteiger partial charge in [0, 0.05) is 11.3 Å². The Kier molecular flexibility index (Phi) is 5.70. The van der Waals surface area contributed by atoms with Gasteiger partial charge in [-0.25, -0.2) is 4.79 Å². The van der Waals surface area contributed by atoms with E-state index < -0.39 is 18.0 Å². The predicted molar refractivity (Wildman–Crippen MR) is 95.9 cm³/mol. The topological polar surface area (TPSA) is 72.5 Å². The van der Waals surface area contributed by atoms with Gasteiger partial charge in [0.1, 0.15) is 0 Å². The van der Waals surface area contributed by atoms with E-state index in [1.807, 2.05) is 19.9 Å². The van der Waals surface area contributed by atoms with Crippen molar-refractivity contribution in [3.05, 3.63) is 64.7 Å². The summed E-state index contributed by atoms with van der Waals surface area (Å²) in [4.78, 5) is 35.6. The quantitative estimate of drug-likeness (QED) is 0.666. The number of ether oxygens (including phenoxy) is 1. The maximum Gasteiger partial charge on any atom is 0.338 e. The third-order valence-electron chi connectivity index (χ3n) is 3.95. The zero-order valence-electron chi connectivity index (χ0n) is 14.8. The van der Waals surface area contributed by atoms with Crippen LogP contribution in [0.4, 0.5) is 5.69 Å². The van der Waals surface area contributed by atoms with Gasteiger partial charge < -0.3 is 10.1 Å². The molecule has 130 valence electrons. The van der Waals surface area contributed by atoms with Gasteiger partial charge in [0.15, 0.2) is 11.9 Å². The minimum atomic E-state index is -0.943. The first-order valence-electron chi connectivity index (χ1n) is 7.98. The molecule has 1 atom stereocenters. The minimum absolute atomic E-state index is 0.0476. The zero-order chi connectivity index (χ0) is 18.6. The van der Waals surface area contributed by atoms with Crippen LogP contribution in [0.15, 0.2) is 42.5 Å². The molecular weight excluding hydrogens is 318 g/mol. The van der Waals surface area contributed by atoms with Crippen molar-refractivity contribution < 1.29 is 19.1 Å². The molecule has 0 bridgehead atoms. The summed E-state index contributed by atoms with van der Waals surface area (Å²) in [5, 5.41) is 2.66. The van der Waals surface area contributed by atoms with Crippen molar-refractivity contribution in [1.29, 1.82) is 0 Å². The molecule has 0 aliphatic heterocycles. The van der Waals surface area contributed by atoms with Gasteiger partial charge in [0.2, 0.25) is 0 Å². The number of anilines is 1. The third-order valence-corrected chi connectivity index (χ3v) is 3.95. The lowest BCUT2D eigenvalue weighted by molar-refractivity contribution is -0.123. The minimum Gasteiger partial charge on any atom is -0.449 e. The maximum absolute atomic E-state index is 12.2. The summed E-state index contributed by atoms with van der Waals surface area (Å²) in [5.74, 6) is -1.03. The molecule has 5 heteroatoms. The van der Waals surface area contributed by atoms with Crippen molar-refractivity contribution in [1.82, 2.24) is 0 Å². The van der Waals surface area contributed by atoms with Crippen LogP contribution in [0, 0.1) is 13.8 Å². The molecule has 0 saturated heterocycles. The van der Waals surface area contributed by atoms with Gasteiger partial charge in [0.25, 0.3) is 5.91 Å². The number of amides is 1. The molecule has 1 N–H and O–H groups in total. The highest BCUT2D eigenvalue weighted by molar-refractivity contribution is 5.98. The molecule has 0 heterocycles. The Morgan fingerprint density at radius 2 is 1.52 bits per heavy atom. The van der Waals surface area contributed by atoms with Crippen LogP contribution in [-0.2, 0) is 9.53 Å². The predicted octanol–water partition coefficient (Wildman–Crippen LogP) is 3.69. The molecule has 2 aromatic rings. The number of aryl methyl sites for hydroxylation is 2. The van der Waals surface area contributed by atoms with Crippen molar-refractivity contribution in [3.8, 4) is 0 Å². The van der Waals surface area contributed by atoms with E-state index in [1.165, 1.54) is 13.8 Å². The Balaban J connectivity index is 1.98. The maximum atomic E-state index is 12.2.